The molecule has 4 saturated carbocycles. The fraction of sp³-hybridized carbons (Fsp3) is 0.560. The highest BCUT2D eigenvalue weighted by Crippen LogP contribution is 2.55. The maximum absolute atomic E-state index is 13.0. The normalized spacial score (nSPS) is 32.4. The predicted octanol–water partition coefficient (Wildman–Crippen LogP) is 4.44. The van der Waals surface area contributed by atoms with Gasteiger partial charge in [-0.1, -0.05) is 17.8 Å². The van der Waals surface area contributed by atoms with Crippen LogP contribution < -0.4 is 10.6 Å². The van der Waals surface area contributed by atoms with Crippen LogP contribution in [0.3, 0.4) is 0 Å². The third-order valence-electron chi connectivity index (χ3n) is 7.67. The fourth-order valence-electron chi connectivity index (χ4n) is 6.88. The summed E-state index contributed by atoms with van der Waals surface area (Å²) in [6.07, 6.45) is 7.36. The van der Waals surface area contributed by atoms with Crippen LogP contribution in [0.5, 0.6) is 0 Å². The van der Waals surface area contributed by atoms with Crippen molar-refractivity contribution in [2.24, 2.45) is 17.8 Å². The monoisotopic (exact) mass is 483 g/mol. The fourth-order valence-corrected chi connectivity index (χ4v) is 8.62. The molecule has 1 amide bonds. The molecule has 1 aliphatic heterocycles. The molecule has 0 spiro atoms. The zero-order valence-corrected chi connectivity index (χ0v) is 20.6. The first-order chi connectivity index (χ1) is 15.9. The molecule has 4 bridgehead atoms. The summed E-state index contributed by atoms with van der Waals surface area (Å²) in [6.45, 7) is 1.82. The van der Waals surface area contributed by atoms with Crippen molar-refractivity contribution in [2.45, 2.75) is 56.9 Å². The number of thioether (sulfide) groups is 1. The molecule has 4 aliphatic carbocycles. The Balaban J connectivity index is 1.33. The Labute approximate surface area is 202 Å². The molecular formula is C25H29N3O3S2. The van der Waals surface area contributed by atoms with Crippen molar-refractivity contribution in [3.63, 3.8) is 0 Å². The number of nitriles is 1. The number of ether oxygens (including phenoxy) is 1. The Bertz CT molecular complexity index is 1030. The molecule has 5 aliphatic rings. The molecular weight excluding hydrogens is 454 g/mol. The Morgan fingerprint density at radius 3 is 2.48 bits per heavy atom. The molecule has 8 heteroatoms. The van der Waals surface area contributed by atoms with Gasteiger partial charge in [-0.05, 0) is 74.6 Å². The van der Waals surface area contributed by atoms with Crippen molar-refractivity contribution in [1.82, 2.24) is 10.6 Å². The van der Waals surface area contributed by atoms with Crippen LogP contribution in [0, 0.1) is 29.1 Å². The van der Waals surface area contributed by atoms with Crippen LogP contribution in [0.2, 0.25) is 0 Å². The van der Waals surface area contributed by atoms with Crippen LogP contribution in [0.4, 0.5) is 0 Å². The summed E-state index contributed by atoms with van der Waals surface area (Å²) in [5.74, 6) is 1.65. The number of allylic oxidation sites excluding steroid dienone is 2. The lowest BCUT2D eigenvalue weighted by Crippen LogP contribution is -2.60. The standard InChI is InChI=1S/C25H29N3O3S2/c1-14-21(24(30)31-2)22(19-4-3-5-32-19)18(12-26)23(27-14)33-13-20(29)28-25-9-15-6-16(10-25)8-17(7-15)11-25/h3-5,15-17,22,27H,6-11,13H2,1-2H3,(H,28,29). The first-order valence-corrected chi connectivity index (χ1v) is 13.5. The summed E-state index contributed by atoms with van der Waals surface area (Å²) >= 11 is 2.85. The average molecular weight is 484 g/mol. The van der Waals surface area contributed by atoms with E-state index >= 15 is 0 Å². The van der Waals surface area contributed by atoms with Crippen LogP contribution in [0.15, 0.2) is 39.4 Å². The van der Waals surface area contributed by atoms with Gasteiger partial charge in [0.1, 0.15) is 0 Å². The number of amides is 1. The number of nitrogens with zero attached hydrogens (tertiary/aromatic N) is 1. The molecule has 1 aromatic heterocycles. The third-order valence-corrected chi connectivity index (χ3v) is 9.63. The van der Waals surface area contributed by atoms with Gasteiger partial charge in [0.25, 0.3) is 0 Å². The van der Waals surface area contributed by atoms with E-state index in [-0.39, 0.29) is 17.2 Å². The molecule has 2 heterocycles. The Morgan fingerprint density at radius 1 is 1.27 bits per heavy atom. The van der Waals surface area contributed by atoms with Crippen LogP contribution in [0.1, 0.15) is 56.2 Å². The molecule has 1 unspecified atom stereocenters. The number of dihydropyridines is 1. The zero-order chi connectivity index (χ0) is 23.2. The second kappa shape index (κ2) is 8.84. The van der Waals surface area contributed by atoms with E-state index < -0.39 is 11.9 Å². The van der Waals surface area contributed by atoms with Gasteiger partial charge in [-0.25, -0.2) is 4.79 Å². The molecule has 0 saturated heterocycles. The highest BCUT2D eigenvalue weighted by Gasteiger charge is 2.51. The summed E-state index contributed by atoms with van der Waals surface area (Å²) in [7, 11) is 1.35. The van der Waals surface area contributed by atoms with Crippen molar-refractivity contribution in [3.8, 4) is 6.07 Å². The Kier molecular flexibility index (Phi) is 6.04. The van der Waals surface area contributed by atoms with Gasteiger partial charge in [0, 0.05) is 16.1 Å². The number of nitrogens with one attached hydrogen (secondary N) is 2. The van der Waals surface area contributed by atoms with E-state index in [4.69, 9.17) is 4.74 Å². The number of rotatable bonds is 6. The molecule has 4 fully saturated rings. The van der Waals surface area contributed by atoms with Crippen LogP contribution in [-0.2, 0) is 14.3 Å². The van der Waals surface area contributed by atoms with E-state index in [9.17, 15) is 14.9 Å². The SMILES string of the molecule is COC(=O)C1=C(C)NC(SCC(=O)NC23CC4CC(CC(C4)C2)C3)=C(C#N)C1c1cccs1. The second-order valence-electron chi connectivity index (χ2n) is 9.99. The van der Waals surface area contributed by atoms with Gasteiger partial charge in [-0.2, -0.15) is 5.26 Å². The Morgan fingerprint density at radius 2 is 1.94 bits per heavy atom. The van der Waals surface area contributed by atoms with Crippen molar-refractivity contribution >= 4 is 35.0 Å². The van der Waals surface area contributed by atoms with Crippen LogP contribution in [-0.4, -0.2) is 30.3 Å². The number of hydrogen-bond donors (Lipinski definition) is 2. The molecule has 6 nitrogen and oxygen atoms in total. The predicted molar refractivity (Wildman–Crippen MR) is 129 cm³/mol. The van der Waals surface area contributed by atoms with Crippen LogP contribution >= 0.6 is 23.1 Å². The van der Waals surface area contributed by atoms with Crippen molar-refractivity contribution in [2.75, 3.05) is 12.9 Å². The number of methoxy groups -OCH3 is 1. The molecule has 2 N–H and O–H groups in total. The minimum Gasteiger partial charge on any atom is -0.466 e. The molecule has 0 radical (unpaired) electrons. The van der Waals surface area contributed by atoms with Gasteiger partial charge >= 0.3 is 5.97 Å². The van der Waals surface area contributed by atoms with Crippen molar-refractivity contribution < 1.29 is 14.3 Å². The van der Waals surface area contributed by atoms with Crippen molar-refractivity contribution in [3.05, 3.63) is 44.3 Å². The molecule has 0 aromatic carbocycles. The summed E-state index contributed by atoms with van der Waals surface area (Å²) in [4.78, 5) is 26.5. The highest BCUT2D eigenvalue weighted by molar-refractivity contribution is 8.03. The van der Waals surface area contributed by atoms with Gasteiger partial charge in [-0.3, -0.25) is 4.79 Å². The lowest BCUT2D eigenvalue weighted by atomic mass is 9.53. The summed E-state index contributed by atoms with van der Waals surface area (Å²) in [5, 5.41) is 19.2. The molecule has 1 atom stereocenters. The first-order valence-electron chi connectivity index (χ1n) is 11.6. The quantitative estimate of drug-likeness (QED) is 0.582. The van der Waals surface area contributed by atoms with Gasteiger partial charge in [-0.15, -0.1) is 11.3 Å². The molecule has 174 valence electrons. The lowest BCUT2D eigenvalue weighted by Gasteiger charge is -2.56. The van der Waals surface area contributed by atoms with Gasteiger partial charge in [0.15, 0.2) is 0 Å². The molecule has 6 rings (SSSR count). The van der Waals surface area contributed by atoms with E-state index in [2.05, 4.69) is 16.7 Å². The largest absolute Gasteiger partial charge is 0.466 e. The summed E-state index contributed by atoms with van der Waals surface area (Å²) in [6, 6.07) is 6.14. The number of esters is 1. The van der Waals surface area contributed by atoms with E-state index in [1.165, 1.54) is 49.5 Å². The van der Waals surface area contributed by atoms with E-state index in [0.29, 0.717) is 21.9 Å². The van der Waals surface area contributed by atoms with E-state index in [1.54, 1.807) is 0 Å². The third kappa shape index (κ3) is 4.22. The molecule has 33 heavy (non-hydrogen) atoms. The number of carbonyl (C=O) groups is 2. The summed E-state index contributed by atoms with van der Waals surface area (Å²) < 4.78 is 5.01. The maximum atomic E-state index is 13.0. The molecule has 1 aromatic rings. The number of thiophene rings is 1. The van der Waals surface area contributed by atoms with Crippen LogP contribution in [0.25, 0.3) is 0 Å². The average Bonchev–Trinajstić information content (AvgIpc) is 3.30. The second-order valence-corrected chi connectivity index (χ2v) is 12.0. The highest BCUT2D eigenvalue weighted by atomic mass is 32.2. The van der Waals surface area contributed by atoms with Crippen molar-refractivity contribution in [1.29, 1.82) is 5.26 Å². The maximum Gasteiger partial charge on any atom is 0.336 e. The first kappa shape index (κ1) is 22.5. The minimum absolute atomic E-state index is 0.0216. The number of carbonyl (C=O) groups excluding carboxylic acids is 2. The van der Waals surface area contributed by atoms with Gasteiger partial charge in [0.05, 0.1) is 41.0 Å². The summed E-state index contributed by atoms with van der Waals surface area (Å²) in [5.41, 5.74) is 1.53. The smallest absolute Gasteiger partial charge is 0.336 e. The topological polar surface area (TPSA) is 91.2 Å². The van der Waals surface area contributed by atoms with Gasteiger partial charge < -0.3 is 15.4 Å². The number of hydrogen-bond acceptors (Lipinski definition) is 7. The minimum atomic E-state index is -0.489. The van der Waals surface area contributed by atoms with Gasteiger partial charge in [0.2, 0.25) is 5.91 Å². The Hall–Kier alpha value is -2.24. The zero-order valence-electron chi connectivity index (χ0n) is 19.0. The van der Waals surface area contributed by atoms with E-state index in [0.717, 1.165) is 41.9 Å². The lowest BCUT2D eigenvalue weighted by molar-refractivity contribution is -0.136. The van der Waals surface area contributed by atoms with E-state index in [1.807, 2.05) is 24.4 Å².